The lowest BCUT2D eigenvalue weighted by atomic mass is 10.1. The van der Waals surface area contributed by atoms with Gasteiger partial charge in [0.2, 0.25) is 6.79 Å². The van der Waals surface area contributed by atoms with E-state index in [0.717, 1.165) is 24.2 Å². The van der Waals surface area contributed by atoms with Gasteiger partial charge in [-0.1, -0.05) is 17.7 Å². The van der Waals surface area contributed by atoms with Crippen molar-refractivity contribution in [1.82, 2.24) is 20.2 Å². The number of fused-ring (bicyclic) bond motifs is 1. The van der Waals surface area contributed by atoms with E-state index in [9.17, 15) is 4.79 Å². The van der Waals surface area contributed by atoms with Crippen molar-refractivity contribution < 1.29 is 19.0 Å². The molecule has 27 heavy (non-hydrogen) atoms. The zero-order valence-corrected chi connectivity index (χ0v) is 15.3. The fraction of sp³-hybridized carbons (Fsp3) is 0.389. The fourth-order valence-electron chi connectivity index (χ4n) is 3.07. The highest BCUT2D eigenvalue weighted by Crippen LogP contribution is 2.32. The molecule has 0 saturated carbocycles. The second-order valence-corrected chi connectivity index (χ2v) is 6.79. The van der Waals surface area contributed by atoms with Gasteiger partial charge in [0.05, 0.1) is 24.0 Å². The number of aromatic nitrogens is 2. The van der Waals surface area contributed by atoms with Crippen LogP contribution in [0.15, 0.2) is 30.6 Å². The maximum absolute atomic E-state index is 12.5. The number of benzene rings is 1. The predicted octanol–water partition coefficient (Wildman–Crippen LogP) is 2.61. The van der Waals surface area contributed by atoms with E-state index in [1.54, 1.807) is 4.90 Å². The van der Waals surface area contributed by atoms with Crippen LogP contribution in [-0.2, 0) is 6.54 Å². The van der Waals surface area contributed by atoms with E-state index in [4.69, 9.17) is 25.8 Å². The third-order valence-corrected chi connectivity index (χ3v) is 4.61. The first-order valence-electron chi connectivity index (χ1n) is 8.73. The Kier molecular flexibility index (Phi) is 5.15. The molecule has 2 aliphatic heterocycles. The molecular formula is C18H19ClN4O4. The first-order chi connectivity index (χ1) is 13.2. The van der Waals surface area contributed by atoms with Gasteiger partial charge in [-0.15, -0.1) is 0 Å². The van der Waals surface area contributed by atoms with Gasteiger partial charge in [0.25, 0.3) is 0 Å². The lowest BCUT2D eigenvalue weighted by Gasteiger charge is -2.32. The summed E-state index contributed by atoms with van der Waals surface area (Å²) >= 11 is 5.78. The summed E-state index contributed by atoms with van der Waals surface area (Å²) in [5.41, 5.74) is 0.951. The van der Waals surface area contributed by atoms with Gasteiger partial charge in [0, 0.05) is 13.1 Å². The van der Waals surface area contributed by atoms with Crippen LogP contribution in [-0.4, -0.2) is 46.9 Å². The number of nitrogens with zero attached hydrogens (tertiary/aromatic N) is 3. The van der Waals surface area contributed by atoms with Gasteiger partial charge in [-0.2, -0.15) is 0 Å². The molecule has 1 aromatic carbocycles. The second kappa shape index (κ2) is 7.87. The van der Waals surface area contributed by atoms with Crippen LogP contribution in [0, 0.1) is 0 Å². The minimum Gasteiger partial charge on any atom is -0.458 e. The van der Waals surface area contributed by atoms with Crippen molar-refractivity contribution in [3.05, 3.63) is 41.2 Å². The van der Waals surface area contributed by atoms with Crippen molar-refractivity contribution >= 4 is 17.6 Å². The van der Waals surface area contributed by atoms with Crippen LogP contribution in [0.1, 0.15) is 18.4 Å². The number of rotatable bonds is 4. The molecule has 2 aliphatic rings. The standard InChI is InChI=1S/C18H19ClN4O4/c19-13-8-20-17(21-9-13)27-14-2-1-5-23(10-14)18(24)22-7-12-3-4-15-16(6-12)26-11-25-15/h3-4,6,8-9,14H,1-2,5,7,10-11H2,(H,22,24)/t14-/m0/s1. The van der Waals surface area contributed by atoms with Gasteiger partial charge in [0.1, 0.15) is 6.10 Å². The third-order valence-electron chi connectivity index (χ3n) is 4.41. The van der Waals surface area contributed by atoms with Crippen LogP contribution >= 0.6 is 11.6 Å². The van der Waals surface area contributed by atoms with Crippen molar-refractivity contribution in [3.63, 3.8) is 0 Å². The second-order valence-electron chi connectivity index (χ2n) is 6.36. The van der Waals surface area contributed by atoms with Gasteiger partial charge in [-0.3, -0.25) is 0 Å². The molecule has 0 radical (unpaired) electrons. The van der Waals surface area contributed by atoms with Gasteiger partial charge in [-0.05, 0) is 30.5 Å². The molecule has 2 amide bonds. The van der Waals surface area contributed by atoms with Crippen molar-refractivity contribution in [2.24, 2.45) is 0 Å². The number of carbonyl (C=O) groups excluding carboxylic acids is 1. The maximum atomic E-state index is 12.5. The third kappa shape index (κ3) is 4.33. The average molecular weight is 391 g/mol. The molecule has 1 N–H and O–H groups in total. The number of likely N-dealkylation sites (tertiary alicyclic amines) is 1. The SMILES string of the molecule is O=C(NCc1ccc2c(c1)OCO2)N1CCC[C@H](Oc2ncc(Cl)cn2)C1. The molecule has 1 atom stereocenters. The quantitative estimate of drug-likeness (QED) is 0.863. The topological polar surface area (TPSA) is 85.8 Å². The van der Waals surface area contributed by atoms with Crippen LogP contribution in [0.4, 0.5) is 4.79 Å². The van der Waals surface area contributed by atoms with E-state index in [1.807, 2.05) is 18.2 Å². The van der Waals surface area contributed by atoms with Gasteiger partial charge in [0.15, 0.2) is 11.5 Å². The summed E-state index contributed by atoms with van der Waals surface area (Å²) in [6.07, 6.45) is 4.54. The Bertz CT molecular complexity index is 818. The summed E-state index contributed by atoms with van der Waals surface area (Å²) < 4.78 is 16.4. The van der Waals surface area contributed by atoms with Crippen LogP contribution in [0.5, 0.6) is 17.5 Å². The van der Waals surface area contributed by atoms with Crippen LogP contribution in [0.25, 0.3) is 0 Å². The molecule has 142 valence electrons. The largest absolute Gasteiger partial charge is 0.458 e. The minimum atomic E-state index is -0.142. The molecule has 1 fully saturated rings. The fourth-order valence-corrected chi connectivity index (χ4v) is 3.17. The highest BCUT2D eigenvalue weighted by Gasteiger charge is 2.25. The molecule has 1 aromatic heterocycles. The van der Waals surface area contributed by atoms with E-state index in [-0.39, 0.29) is 24.9 Å². The van der Waals surface area contributed by atoms with E-state index >= 15 is 0 Å². The zero-order valence-electron chi connectivity index (χ0n) is 14.6. The first kappa shape index (κ1) is 17.7. The summed E-state index contributed by atoms with van der Waals surface area (Å²) in [6, 6.07) is 5.78. The highest BCUT2D eigenvalue weighted by atomic mass is 35.5. The number of urea groups is 1. The zero-order chi connectivity index (χ0) is 18.6. The predicted molar refractivity (Wildman–Crippen MR) is 97.1 cm³/mol. The molecule has 0 unspecified atom stereocenters. The number of amides is 2. The number of ether oxygens (including phenoxy) is 3. The normalized spacial score (nSPS) is 18.3. The van der Waals surface area contributed by atoms with E-state index in [2.05, 4.69) is 15.3 Å². The Balaban J connectivity index is 1.29. The van der Waals surface area contributed by atoms with Crippen LogP contribution in [0.3, 0.4) is 0 Å². The number of carbonyl (C=O) groups is 1. The number of hydrogen-bond acceptors (Lipinski definition) is 6. The molecule has 1 saturated heterocycles. The molecule has 0 spiro atoms. The molecule has 0 bridgehead atoms. The summed E-state index contributed by atoms with van der Waals surface area (Å²) in [4.78, 5) is 22.3. The van der Waals surface area contributed by atoms with E-state index < -0.39 is 0 Å². The lowest BCUT2D eigenvalue weighted by Crippen LogP contribution is -2.48. The lowest BCUT2D eigenvalue weighted by molar-refractivity contribution is 0.0938. The molecular weight excluding hydrogens is 372 g/mol. The first-order valence-corrected chi connectivity index (χ1v) is 9.11. The van der Waals surface area contributed by atoms with Crippen LogP contribution in [0.2, 0.25) is 5.02 Å². The summed E-state index contributed by atoms with van der Waals surface area (Å²) in [7, 11) is 0. The number of hydrogen-bond donors (Lipinski definition) is 1. The molecule has 9 heteroatoms. The van der Waals surface area contributed by atoms with Crippen molar-refractivity contribution in [2.75, 3.05) is 19.9 Å². The summed E-state index contributed by atoms with van der Waals surface area (Å²) in [5, 5.41) is 3.39. The maximum Gasteiger partial charge on any atom is 0.317 e. The Morgan fingerprint density at radius 3 is 2.96 bits per heavy atom. The van der Waals surface area contributed by atoms with Crippen LogP contribution < -0.4 is 19.5 Å². The summed E-state index contributed by atoms with van der Waals surface area (Å²) in [5.74, 6) is 1.43. The highest BCUT2D eigenvalue weighted by molar-refractivity contribution is 6.30. The Labute approximate surface area is 161 Å². The number of piperidine rings is 1. The van der Waals surface area contributed by atoms with Gasteiger partial charge < -0.3 is 24.4 Å². The monoisotopic (exact) mass is 390 g/mol. The van der Waals surface area contributed by atoms with E-state index in [0.29, 0.717) is 30.4 Å². The Hall–Kier alpha value is -2.74. The number of nitrogens with one attached hydrogen (secondary N) is 1. The Morgan fingerprint density at radius 1 is 1.30 bits per heavy atom. The van der Waals surface area contributed by atoms with Crippen molar-refractivity contribution in [1.29, 1.82) is 0 Å². The van der Waals surface area contributed by atoms with Gasteiger partial charge >= 0.3 is 12.0 Å². The molecule has 4 rings (SSSR count). The Morgan fingerprint density at radius 2 is 2.11 bits per heavy atom. The smallest absolute Gasteiger partial charge is 0.317 e. The van der Waals surface area contributed by atoms with Crippen molar-refractivity contribution in [2.45, 2.75) is 25.5 Å². The average Bonchev–Trinajstić information content (AvgIpc) is 3.16. The molecule has 0 aliphatic carbocycles. The molecule has 3 heterocycles. The minimum absolute atomic E-state index is 0.127. The van der Waals surface area contributed by atoms with Gasteiger partial charge in [-0.25, -0.2) is 14.8 Å². The molecule has 2 aromatic rings. The number of halogens is 1. The van der Waals surface area contributed by atoms with Crippen molar-refractivity contribution in [3.8, 4) is 17.5 Å². The van der Waals surface area contributed by atoms with E-state index in [1.165, 1.54) is 12.4 Å². The molecule has 8 nitrogen and oxygen atoms in total. The summed E-state index contributed by atoms with van der Waals surface area (Å²) in [6.45, 7) is 1.82.